The van der Waals surface area contributed by atoms with Gasteiger partial charge in [-0.2, -0.15) is 5.10 Å². The highest BCUT2D eigenvalue weighted by Gasteiger charge is 2.17. The Labute approximate surface area is 127 Å². The molecule has 1 aromatic carbocycles. The van der Waals surface area contributed by atoms with Gasteiger partial charge < -0.3 is 5.11 Å². The van der Waals surface area contributed by atoms with Gasteiger partial charge in [-0.05, 0) is 54.5 Å². The van der Waals surface area contributed by atoms with Crippen LogP contribution in [0.1, 0.15) is 42.9 Å². The van der Waals surface area contributed by atoms with E-state index in [9.17, 15) is 5.11 Å². The number of halogens is 1. The molecule has 5 heteroatoms. The maximum atomic E-state index is 10.4. The fourth-order valence-corrected chi connectivity index (χ4v) is 2.78. The molecule has 1 unspecified atom stereocenters. The molecule has 0 saturated heterocycles. The topological polar surface area (TPSA) is 50.9 Å². The smallest absolute Gasteiger partial charge is 0.138 e. The van der Waals surface area contributed by atoms with E-state index < -0.39 is 6.10 Å². The van der Waals surface area contributed by atoms with Crippen LogP contribution in [0.2, 0.25) is 0 Å². The van der Waals surface area contributed by atoms with Crippen LogP contribution in [-0.2, 0) is 6.42 Å². The molecule has 1 N–H and O–H groups in total. The van der Waals surface area contributed by atoms with Gasteiger partial charge in [0.05, 0.1) is 6.10 Å². The van der Waals surface area contributed by atoms with Crippen molar-refractivity contribution in [3.05, 3.63) is 45.0 Å². The van der Waals surface area contributed by atoms with E-state index in [1.165, 1.54) is 5.56 Å². The summed E-state index contributed by atoms with van der Waals surface area (Å²) in [6, 6.07) is 6.24. The van der Waals surface area contributed by atoms with Gasteiger partial charge in [-0.25, -0.2) is 9.67 Å². The Hall–Kier alpha value is -0.950. The van der Waals surface area contributed by atoms with Crippen LogP contribution >= 0.6 is 22.6 Å². The first-order valence-electron chi connectivity index (χ1n) is 6.32. The van der Waals surface area contributed by atoms with Gasteiger partial charge in [0.2, 0.25) is 0 Å². The van der Waals surface area contributed by atoms with Gasteiger partial charge in [-0.3, -0.25) is 0 Å². The third kappa shape index (κ3) is 3.14. The largest absolute Gasteiger partial charge is 0.388 e. The minimum atomic E-state index is -0.548. The van der Waals surface area contributed by atoms with Crippen molar-refractivity contribution in [3.8, 4) is 0 Å². The van der Waals surface area contributed by atoms with E-state index in [0.717, 1.165) is 15.0 Å². The second-order valence-electron chi connectivity index (χ2n) is 4.91. The maximum Gasteiger partial charge on any atom is 0.138 e. The molecule has 1 aromatic heterocycles. The van der Waals surface area contributed by atoms with Crippen LogP contribution in [0.15, 0.2) is 24.5 Å². The highest BCUT2D eigenvalue weighted by molar-refractivity contribution is 14.1. The average Bonchev–Trinajstić information content (AvgIpc) is 2.80. The summed E-state index contributed by atoms with van der Waals surface area (Å²) in [6.45, 7) is 6.16. The lowest BCUT2D eigenvalue weighted by molar-refractivity contribution is 0.172. The van der Waals surface area contributed by atoms with E-state index in [2.05, 4.69) is 59.5 Å². The molecule has 0 aliphatic carbocycles. The molecule has 1 atom stereocenters. The molecule has 0 spiro atoms. The third-order valence-corrected chi connectivity index (χ3v) is 4.57. The molecule has 0 amide bonds. The molecule has 0 aliphatic heterocycles. The van der Waals surface area contributed by atoms with Crippen molar-refractivity contribution in [1.82, 2.24) is 14.8 Å². The second-order valence-corrected chi connectivity index (χ2v) is 5.99. The molecule has 2 rings (SSSR count). The van der Waals surface area contributed by atoms with Gasteiger partial charge in [-0.15, -0.1) is 0 Å². The van der Waals surface area contributed by atoms with Gasteiger partial charge >= 0.3 is 0 Å². The fraction of sp³-hybridized carbons (Fsp3) is 0.429. The van der Waals surface area contributed by atoms with Crippen LogP contribution in [0.4, 0.5) is 0 Å². The average molecular weight is 371 g/mol. The lowest BCUT2D eigenvalue weighted by Gasteiger charge is -2.15. The summed E-state index contributed by atoms with van der Waals surface area (Å²) in [4.78, 5) is 4.24. The summed E-state index contributed by atoms with van der Waals surface area (Å²) in [5.74, 6) is 0.819. The number of hydrogen-bond donors (Lipinski definition) is 1. The minimum Gasteiger partial charge on any atom is -0.388 e. The van der Waals surface area contributed by atoms with Crippen molar-refractivity contribution < 1.29 is 5.11 Å². The number of aryl methyl sites for hydroxylation is 1. The summed E-state index contributed by atoms with van der Waals surface area (Å²) in [5.41, 5.74) is 2.14. The molecular weight excluding hydrogens is 353 g/mol. The summed E-state index contributed by atoms with van der Waals surface area (Å²) < 4.78 is 2.97. The molecule has 0 saturated carbocycles. The summed E-state index contributed by atoms with van der Waals surface area (Å²) >= 11 is 2.28. The van der Waals surface area contributed by atoms with Crippen LogP contribution < -0.4 is 0 Å². The number of aliphatic hydroxyl groups is 1. The zero-order valence-corrected chi connectivity index (χ0v) is 13.5. The van der Waals surface area contributed by atoms with Crippen molar-refractivity contribution >= 4 is 22.6 Å². The molecule has 2 aromatic rings. The van der Waals surface area contributed by atoms with Crippen LogP contribution in [-0.4, -0.2) is 19.9 Å². The normalized spacial score (nSPS) is 12.9. The van der Waals surface area contributed by atoms with E-state index in [1.54, 1.807) is 6.33 Å². The fourth-order valence-electron chi connectivity index (χ4n) is 2.06. The number of aromatic nitrogens is 3. The van der Waals surface area contributed by atoms with Crippen LogP contribution in [0, 0.1) is 10.5 Å². The first-order chi connectivity index (χ1) is 9.00. The van der Waals surface area contributed by atoms with Gasteiger partial charge in [0, 0.05) is 16.0 Å². The SMILES string of the molecule is Cc1cccc(C(O)Cc2ncnn2C(C)C)c1I. The maximum absolute atomic E-state index is 10.4. The molecule has 4 nitrogen and oxygen atoms in total. The lowest BCUT2D eigenvalue weighted by atomic mass is 10.0. The number of nitrogens with zero attached hydrogens (tertiary/aromatic N) is 3. The first-order valence-corrected chi connectivity index (χ1v) is 7.40. The monoisotopic (exact) mass is 371 g/mol. The molecule has 0 bridgehead atoms. The predicted molar refractivity (Wildman–Crippen MR) is 83.0 cm³/mol. The Balaban J connectivity index is 2.23. The summed E-state index contributed by atoms with van der Waals surface area (Å²) in [6.07, 6.45) is 1.48. The van der Waals surface area contributed by atoms with E-state index in [4.69, 9.17) is 0 Å². The van der Waals surface area contributed by atoms with Gasteiger partial charge in [0.25, 0.3) is 0 Å². The van der Waals surface area contributed by atoms with Crippen molar-refractivity contribution in [2.75, 3.05) is 0 Å². The van der Waals surface area contributed by atoms with Gasteiger partial charge in [0.15, 0.2) is 0 Å². The predicted octanol–water partition coefficient (Wildman–Crippen LogP) is 3.05. The molecule has 19 heavy (non-hydrogen) atoms. The molecule has 0 aliphatic rings. The second kappa shape index (κ2) is 6.00. The Morgan fingerprint density at radius 1 is 1.37 bits per heavy atom. The Morgan fingerprint density at radius 3 is 2.79 bits per heavy atom. The van der Waals surface area contributed by atoms with Gasteiger partial charge in [-0.1, -0.05) is 18.2 Å². The number of rotatable bonds is 4. The zero-order chi connectivity index (χ0) is 14.0. The van der Waals surface area contributed by atoms with Crippen molar-refractivity contribution in [2.24, 2.45) is 0 Å². The number of hydrogen-bond acceptors (Lipinski definition) is 3. The zero-order valence-electron chi connectivity index (χ0n) is 11.3. The highest BCUT2D eigenvalue weighted by atomic mass is 127. The first kappa shape index (κ1) is 14.5. The van der Waals surface area contributed by atoms with Crippen molar-refractivity contribution in [3.63, 3.8) is 0 Å². The lowest BCUT2D eigenvalue weighted by Crippen LogP contribution is -2.13. The van der Waals surface area contributed by atoms with E-state index in [1.807, 2.05) is 16.8 Å². The Morgan fingerprint density at radius 2 is 2.11 bits per heavy atom. The quantitative estimate of drug-likeness (QED) is 0.841. The molecule has 1 heterocycles. The van der Waals surface area contributed by atoms with Crippen LogP contribution in [0.25, 0.3) is 0 Å². The standard InChI is InChI=1S/C14H18IN3O/c1-9(2)18-13(16-8-17-18)7-12(19)11-6-4-5-10(3)14(11)15/h4-6,8-9,12,19H,7H2,1-3H3. The number of benzene rings is 1. The Kier molecular flexibility index (Phi) is 4.57. The molecular formula is C14H18IN3O. The van der Waals surface area contributed by atoms with Crippen molar-refractivity contribution in [1.29, 1.82) is 0 Å². The minimum absolute atomic E-state index is 0.251. The van der Waals surface area contributed by atoms with Crippen molar-refractivity contribution in [2.45, 2.75) is 39.3 Å². The molecule has 0 radical (unpaired) electrons. The summed E-state index contributed by atoms with van der Waals surface area (Å²) in [7, 11) is 0. The third-order valence-electron chi connectivity index (χ3n) is 3.09. The van der Waals surface area contributed by atoms with Crippen LogP contribution in [0.5, 0.6) is 0 Å². The summed E-state index contributed by atoms with van der Waals surface area (Å²) in [5, 5.41) is 14.6. The number of aliphatic hydroxyl groups excluding tert-OH is 1. The van der Waals surface area contributed by atoms with E-state index in [0.29, 0.717) is 6.42 Å². The Bertz CT molecular complexity index is 566. The van der Waals surface area contributed by atoms with Crippen LogP contribution in [0.3, 0.4) is 0 Å². The highest BCUT2D eigenvalue weighted by Crippen LogP contribution is 2.25. The molecule has 0 fully saturated rings. The van der Waals surface area contributed by atoms with E-state index in [-0.39, 0.29) is 6.04 Å². The molecule has 102 valence electrons. The van der Waals surface area contributed by atoms with E-state index >= 15 is 0 Å². The van der Waals surface area contributed by atoms with Gasteiger partial charge in [0.1, 0.15) is 12.2 Å².